The minimum atomic E-state index is -0.794. The van der Waals surface area contributed by atoms with Gasteiger partial charge in [-0.3, -0.25) is 4.79 Å². The van der Waals surface area contributed by atoms with Gasteiger partial charge in [-0.25, -0.2) is 4.79 Å². The Balaban J connectivity index is 2.52. The molecule has 0 aromatic heterocycles. The van der Waals surface area contributed by atoms with E-state index in [0.717, 1.165) is 25.7 Å². The van der Waals surface area contributed by atoms with Gasteiger partial charge in [-0.05, 0) is 6.42 Å². The Hall–Kier alpha value is -1.50. The van der Waals surface area contributed by atoms with Gasteiger partial charge >= 0.3 is 11.9 Å². The first-order chi connectivity index (χ1) is 8.61. The summed E-state index contributed by atoms with van der Waals surface area (Å²) in [6.07, 6.45) is 8.15. The largest absolute Gasteiger partial charge is 0.450 e. The Morgan fingerprint density at radius 2 is 2.22 bits per heavy atom. The average molecular weight is 252 g/mol. The molecule has 4 heteroatoms. The van der Waals surface area contributed by atoms with Crippen molar-refractivity contribution in [2.24, 2.45) is 11.8 Å². The molecular formula is C14H20O4. The van der Waals surface area contributed by atoms with Crippen molar-refractivity contribution in [3.63, 3.8) is 0 Å². The van der Waals surface area contributed by atoms with Crippen LogP contribution in [0.25, 0.3) is 0 Å². The van der Waals surface area contributed by atoms with Crippen molar-refractivity contribution in [1.29, 1.82) is 0 Å². The van der Waals surface area contributed by atoms with Gasteiger partial charge in [-0.15, -0.1) is 6.42 Å². The molecule has 1 rings (SSSR count). The maximum absolute atomic E-state index is 11.7. The summed E-state index contributed by atoms with van der Waals surface area (Å²) in [6, 6.07) is 0. The smallest absolute Gasteiger partial charge is 0.348 e. The van der Waals surface area contributed by atoms with E-state index in [9.17, 15) is 9.59 Å². The highest BCUT2D eigenvalue weighted by molar-refractivity contribution is 5.85. The van der Waals surface area contributed by atoms with Crippen LogP contribution in [-0.2, 0) is 19.1 Å². The number of cyclic esters (lactones) is 1. The SMILES string of the molecule is C#CCOC(=O)[C@H]1OC(=O)[C@@H](CCCCC)[C@H]1C. The van der Waals surface area contributed by atoms with Crippen molar-refractivity contribution >= 4 is 11.9 Å². The van der Waals surface area contributed by atoms with Gasteiger partial charge in [0, 0.05) is 5.92 Å². The first-order valence-electron chi connectivity index (χ1n) is 6.42. The van der Waals surface area contributed by atoms with Gasteiger partial charge in [0.25, 0.3) is 0 Å². The van der Waals surface area contributed by atoms with Crippen molar-refractivity contribution in [2.75, 3.05) is 6.61 Å². The second-order valence-electron chi connectivity index (χ2n) is 4.63. The van der Waals surface area contributed by atoms with Gasteiger partial charge in [0.1, 0.15) is 0 Å². The molecule has 0 unspecified atom stereocenters. The summed E-state index contributed by atoms with van der Waals surface area (Å²) in [5.41, 5.74) is 0. The second kappa shape index (κ2) is 7.05. The van der Waals surface area contributed by atoms with Crippen LogP contribution in [0.15, 0.2) is 0 Å². The van der Waals surface area contributed by atoms with Gasteiger partial charge < -0.3 is 9.47 Å². The van der Waals surface area contributed by atoms with Crippen molar-refractivity contribution in [3.8, 4) is 12.3 Å². The van der Waals surface area contributed by atoms with E-state index in [2.05, 4.69) is 12.8 Å². The van der Waals surface area contributed by atoms with Crippen LogP contribution in [0.3, 0.4) is 0 Å². The minimum absolute atomic E-state index is 0.0832. The molecule has 0 bridgehead atoms. The molecule has 1 fully saturated rings. The summed E-state index contributed by atoms with van der Waals surface area (Å²) in [4.78, 5) is 23.3. The molecule has 18 heavy (non-hydrogen) atoms. The molecule has 1 aliphatic heterocycles. The van der Waals surface area contributed by atoms with E-state index in [4.69, 9.17) is 15.9 Å². The highest BCUT2D eigenvalue weighted by Gasteiger charge is 2.45. The molecule has 0 N–H and O–H groups in total. The lowest BCUT2D eigenvalue weighted by Crippen LogP contribution is -2.29. The Kier molecular flexibility index (Phi) is 5.70. The van der Waals surface area contributed by atoms with Gasteiger partial charge in [0.15, 0.2) is 6.61 Å². The maximum atomic E-state index is 11.7. The van der Waals surface area contributed by atoms with E-state index >= 15 is 0 Å². The van der Waals surface area contributed by atoms with Crippen LogP contribution < -0.4 is 0 Å². The fourth-order valence-electron chi connectivity index (χ4n) is 2.20. The third-order valence-corrected chi connectivity index (χ3v) is 3.31. The number of hydrogen-bond acceptors (Lipinski definition) is 4. The van der Waals surface area contributed by atoms with Crippen LogP contribution in [0, 0.1) is 24.2 Å². The summed E-state index contributed by atoms with van der Waals surface area (Å²) < 4.78 is 9.91. The lowest BCUT2D eigenvalue weighted by atomic mass is 9.88. The van der Waals surface area contributed by atoms with Crippen molar-refractivity contribution in [2.45, 2.75) is 45.6 Å². The Labute approximate surface area is 108 Å². The van der Waals surface area contributed by atoms with Crippen molar-refractivity contribution in [1.82, 2.24) is 0 Å². The van der Waals surface area contributed by atoms with Crippen LogP contribution in [0.1, 0.15) is 39.5 Å². The predicted molar refractivity (Wildman–Crippen MR) is 66.5 cm³/mol. The molecule has 0 aromatic carbocycles. The van der Waals surface area contributed by atoms with Crippen LogP contribution in [0.2, 0.25) is 0 Å². The van der Waals surface area contributed by atoms with Gasteiger partial charge in [0.2, 0.25) is 6.10 Å². The summed E-state index contributed by atoms with van der Waals surface area (Å²) in [6.45, 7) is 3.87. The topological polar surface area (TPSA) is 52.6 Å². The zero-order valence-electron chi connectivity index (χ0n) is 11.0. The van der Waals surface area contributed by atoms with Crippen molar-refractivity contribution < 1.29 is 19.1 Å². The van der Waals surface area contributed by atoms with Gasteiger partial charge in [-0.2, -0.15) is 0 Å². The molecule has 0 spiro atoms. The number of terminal acetylenes is 1. The lowest BCUT2D eigenvalue weighted by Gasteiger charge is -2.14. The molecule has 1 aliphatic rings. The molecule has 0 saturated carbocycles. The van der Waals surface area contributed by atoms with E-state index in [1.54, 1.807) is 0 Å². The van der Waals surface area contributed by atoms with E-state index in [0.29, 0.717) is 0 Å². The quantitative estimate of drug-likeness (QED) is 0.412. The molecular weight excluding hydrogens is 232 g/mol. The van der Waals surface area contributed by atoms with E-state index in [-0.39, 0.29) is 24.4 Å². The number of hydrogen-bond donors (Lipinski definition) is 0. The standard InChI is InChI=1S/C14H20O4/c1-4-6-7-8-11-10(3)12(18-13(11)15)14(16)17-9-5-2/h2,10-12H,4,6-9H2,1,3H3/t10-,11+,12+/m1/s1. The van der Waals surface area contributed by atoms with Crippen molar-refractivity contribution in [3.05, 3.63) is 0 Å². The molecule has 0 aliphatic carbocycles. The molecule has 100 valence electrons. The van der Waals surface area contributed by atoms with Gasteiger partial charge in [0.05, 0.1) is 5.92 Å². The number of ether oxygens (including phenoxy) is 2. The fraction of sp³-hybridized carbons (Fsp3) is 0.714. The predicted octanol–water partition coefficient (Wildman–Crippen LogP) is 1.92. The van der Waals surface area contributed by atoms with E-state index < -0.39 is 12.1 Å². The lowest BCUT2D eigenvalue weighted by molar-refractivity contribution is -0.161. The van der Waals surface area contributed by atoms with E-state index in [1.165, 1.54) is 0 Å². The highest BCUT2D eigenvalue weighted by atomic mass is 16.6. The zero-order chi connectivity index (χ0) is 13.5. The number of esters is 2. The minimum Gasteiger partial charge on any atom is -0.450 e. The first kappa shape index (κ1) is 14.6. The maximum Gasteiger partial charge on any atom is 0.348 e. The Bertz CT molecular complexity index is 342. The summed E-state index contributed by atoms with van der Waals surface area (Å²) >= 11 is 0. The number of carbonyl (C=O) groups excluding carboxylic acids is 2. The normalized spacial score (nSPS) is 26.5. The first-order valence-corrected chi connectivity index (χ1v) is 6.42. The molecule has 4 nitrogen and oxygen atoms in total. The summed E-state index contributed by atoms with van der Waals surface area (Å²) in [7, 11) is 0. The summed E-state index contributed by atoms with van der Waals surface area (Å²) in [5, 5.41) is 0. The third kappa shape index (κ3) is 3.49. The molecule has 0 radical (unpaired) electrons. The molecule has 0 aromatic rings. The Morgan fingerprint density at radius 1 is 1.50 bits per heavy atom. The number of rotatable bonds is 6. The highest BCUT2D eigenvalue weighted by Crippen LogP contribution is 2.32. The molecule has 1 saturated heterocycles. The third-order valence-electron chi connectivity index (χ3n) is 3.31. The summed E-state index contributed by atoms with van der Waals surface area (Å²) in [5.74, 6) is 1.06. The molecule has 3 atom stereocenters. The monoisotopic (exact) mass is 252 g/mol. The molecule has 1 heterocycles. The average Bonchev–Trinajstić information content (AvgIpc) is 2.64. The van der Waals surface area contributed by atoms with Crippen LogP contribution in [-0.4, -0.2) is 24.6 Å². The van der Waals surface area contributed by atoms with Crippen LogP contribution >= 0.6 is 0 Å². The van der Waals surface area contributed by atoms with E-state index in [1.807, 2.05) is 6.92 Å². The van der Waals surface area contributed by atoms with Crippen LogP contribution in [0.5, 0.6) is 0 Å². The molecule has 0 amide bonds. The number of carbonyl (C=O) groups is 2. The second-order valence-corrected chi connectivity index (χ2v) is 4.63. The van der Waals surface area contributed by atoms with Crippen LogP contribution in [0.4, 0.5) is 0 Å². The zero-order valence-corrected chi connectivity index (χ0v) is 11.0. The number of unbranched alkanes of at least 4 members (excludes halogenated alkanes) is 2. The Morgan fingerprint density at radius 3 is 2.83 bits per heavy atom. The fourth-order valence-corrected chi connectivity index (χ4v) is 2.20. The van der Waals surface area contributed by atoms with Gasteiger partial charge in [-0.1, -0.05) is 39.0 Å².